The molecule has 4 nitrogen and oxygen atoms in total. The smallest absolute Gasteiger partial charge is 0.330 e. The maximum absolute atomic E-state index is 10.9. The zero-order chi connectivity index (χ0) is 13.6. The minimum Gasteiger partial charge on any atom is -0.478 e. The van der Waals surface area contributed by atoms with Crippen molar-refractivity contribution in [3.05, 3.63) is 42.4 Å². The summed E-state index contributed by atoms with van der Waals surface area (Å²) in [6.45, 7) is 5.91. The second kappa shape index (κ2) is 4.09. The van der Waals surface area contributed by atoms with E-state index >= 15 is 0 Å². The SMILES string of the molecule is C=C(C)c1cncc2cc3n(c12)C(=CC(=O)O)CC3. The number of pyridine rings is 1. The number of aryl methyl sites for hydroxylation is 1. The second-order valence-electron chi connectivity index (χ2n) is 4.85. The van der Waals surface area contributed by atoms with E-state index in [1.54, 1.807) is 6.20 Å². The normalized spacial score (nSPS) is 15.9. The number of carbonyl (C=O) groups is 1. The van der Waals surface area contributed by atoms with Crippen LogP contribution in [0.5, 0.6) is 0 Å². The third-order valence-electron chi connectivity index (χ3n) is 3.45. The topological polar surface area (TPSA) is 55.1 Å². The van der Waals surface area contributed by atoms with Gasteiger partial charge >= 0.3 is 5.97 Å². The third-order valence-corrected chi connectivity index (χ3v) is 3.45. The number of aromatic nitrogens is 2. The van der Waals surface area contributed by atoms with Gasteiger partial charge in [-0.15, -0.1) is 0 Å². The Morgan fingerprint density at radius 2 is 2.26 bits per heavy atom. The van der Waals surface area contributed by atoms with Gasteiger partial charge in [0.15, 0.2) is 0 Å². The molecule has 0 bridgehead atoms. The highest BCUT2D eigenvalue weighted by Crippen LogP contribution is 2.35. The van der Waals surface area contributed by atoms with Gasteiger partial charge in [-0.2, -0.15) is 0 Å². The van der Waals surface area contributed by atoms with Crippen LogP contribution < -0.4 is 0 Å². The molecule has 96 valence electrons. The molecule has 0 saturated carbocycles. The highest BCUT2D eigenvalue weighted by atomic mass is 16.4. The molecule has 0 aromatic carbocycles. The molecule has 3 heterocycles. The van der Waals surface area contributed by atoms with E-state index < -0.39 is 5.97 Å². The van der Waals surface area contributed by atoms with Crippen molar-refractivity contribution < 1.29 is 9.90 Å². The summed E-state index contributed by atoms with van der Waals surface area (Å²) in [5, 5.41) is 10.0. The van der Waals surface area contributed by atoms with E-state index in [0.717, 1.165) is 46.3 Å². The lowest BCUT2D eigenvalue weighted by molar-refractivity contribution is -0.131. The van der Waals surface area contributed by atoms with Gasteiger partial charge in [0.25, 0.3) is 0 Å². The number of rotatable bonds is 2. The molecule has 0 atom stereocenters. The van der Waals surface area contributed by atoms with Gasteiger partial charge in [0.2, 0.25) is 0 Å². The number of allylic oxidation sites excluding steroid dienone is 2. The first-order valence-corrected chi connectivity index (χ1v) is 6.16. The van der Waals surface area contributed by atoms with Crippen LogP contribution in [0, 0.1) is 0 Å². The van der Waals surface area contributed by atoms with E-state index in [9.17, 15) is 4.79 Å². The first kappa shape index (κ1) is 11.7. The monoisotopic (exact) mass is 254 g/mol. The van der Waals surface area contributed by atoms with Crippen molar-refractivity contribution in [2.75, 3.05) is 0 Å². The summed E-state index contributed by atoms with van der Waals surface area (Å²) >= 11 is 0. The van der Waals surface area contributed by atoms with E-state index in [-0.39, 0.29) is 0 Å². The standard InChI is InChI=1S/C15H14N2O2/c1-9(2)13-8-16-7-10-5-11-3-4-12(6-14(18)19)17(11)15(10)13/h5-8H,1,3-4H2,2H3,(H,18,19). The van der Waals surface area contributed by atoms with Gasteiger partial charge in [0, 0.05) is 40.8 Å². The van der Waals surface area contributed by atoms with E-state index in [0.29, 0.717) is 0 Å². The largest absolute Gasteiger partial charge is 0.478 e. The van der Waals surface area contributed by atoms with Gasteiger partial charge in [0.1, 0.15) is 0 Å². The molecule has 1 aliphatic heterocycles. The zero-order valence-electron chi connectivity index (χ0n) is 10.7. The summed E-state index contributed by atoms with van der Waals surface area (Å²) in [7, 11) is 0. The summed E-state index contributed by atoms with van der Waals surface area (Å²) in [5.74, 6) is -0.907. The number of nitrogens with zero attached hydrogens (tertiary/aromatic N) is 2. The molecular weight excluding hydrogens is 240 g/mol. The van der Waals surface area contributed by atoms with Crippen LogP contribution in [0.1, 0.15) is 24.6 Å². The van der Waals surface area contributed by atoms with Crippen molar-refractivity contribution in [2.24, 2.45) is 0 Å². The number of hydrogen-bond donors (Lipinski definition) is 1. The highest BCUT2D eigenvalue weighted by Gasteiger charge is 2.21. The lowest BCUT2D eigenvalue weighted by Gasteiger charge is -2.09. The third kappa shape index (κ3) is 1.76. The van der Waals surface area contributed by atoms with Gasteiger partial charge in [-0.25, -0.2) is 4.79 Å². The van der Waals surface area contributed by atoms with Crippen molar-refractivity contribution in [1.29, 1.82) is 0 Å². The fourth-order valence-electron chi connectivity index (χ4n) is 2.68. The predicted octanol–water partition coefficient (Wildman–Crippen LogP) is 2.94. The average Bonchev–Trinajstić information content (AvgIpc) is 2.87. The van der Waals surface area contributed by atoms with Gasteiger partial charge in [-0.05, 0) is 31.4 Å². The molecule has 0 fully saturated rings. The van der Waals surface area contributed by atoms with Crippen molar-refractivity contribution in [3.63, 3.8) is 0 Å². The minimum atomic E-state index is -0.907. The summed E-state index contributed by atoms with van der Waals surface area (Å²) in [6.07, 6.45) is 6.51. The van der Waals surface area contributed by atoms with Gasteiger partial charge in [-0.3, -0.25) is 4.98 Å². The van der Waals surface area contributed by atoms with Gasteiger partial charge in [-0.1, -0.05) is 6.58 Å². The minimum absolute atomic E-state index is 0.759. The van der Waals surface area contributed by atoms with Crippen LogP contribution in [0.25, 0.3) is 22.2 Å². The summed E-state index contributed by atoms with van der Waals surface area (Å²) in [5.41, 5.74) is 4.88. The van der Waals surface area contributed by atoms with Crippen LogP contribution in [0.3, 0.4) is 0 Å². The first-order chi connectivity index (χ1) is 9.08. The summed E-state index contributed by atoms with van der Waals surface area (Å²) in [4.78, 5) is 15.1. The number of carboxylic acids is 1. The second-order valence-corrected chi connectivity index (χ2v) is 4.85. The highest BCUT2D eigenvalue weighted by molar-refractivity contribution is 5.96. The van der Waals surface area contributed by atoms with E-state index in [1.165, 1.54) is 6.08 Å². The Balaban J connectivity index is 2.35. The van der Waals surface area contributed by atoms with Crippen molar-refractivity contribution in [3.8, 4) is 0 Å². The molecule has 0 radical (unpaired) electrons. The molecule has 2 aromatic rings. The number of aliphatic carboxylic acids is 1. The molecule has 3 rings (SSSR count). The van der Waals surface area contributed by atoms with Crippen LogP contribution in [0.4, 0.5) is 0 Å². The van der Waals surface area contributed by atoms with Crippen LogP contribution in [0.2, 0.25) is 0 Å². The lowest BCUT2D eigenvalue weighted by Crippen LogP contribution is -1.98. The fourth-order valence-corrected chi connectivity index (χ4v) is 2.68. The first-order valence-electron chi connectivity index (χ1n) is 6.16. The van der Waals surface area contributed by atoms with Crippen molar-refractivity contribution in [2.45, 2.75) is 19.8 Å². The molecule has 0 aliphatic carbocycles. The summed E-state index contributed by atoms with van der Waals surface area (Å²) in [6, 6.07) is 2.08. The van der Waals surface area contributed by atoms with E-state index in [1.807, 2.05) is 17.7 Å². The van der Waals surface area contributed by atoms with Crippen LogP contribution in [-0.4, -0.2) is 20.6 Å². The molecule has 0 saturated heterocycles. The Bertz CT molecular complexity index is 738. The number of hydrogen-bond acceptors (Lipinski definition) is 2. The number of carboxylic acid groups (broad SMARTS) is 1. The Kier molecular flexibility index (Phi) is 2.52. The Hall–Kier alpha value is -2.36. The maximum atomic E-state index is 10.9. The zero-order valence-corrected chi connectivity index (χ0v) is 10.7. The van der Waals surface area contributed by atoms with Crippen LogP contribution >= 0.6 is 0 Å². The number of fused-ring (bicyclic) bond motifs is 3. The van der Waals surface area contributed by atoms with E-state index in [2.05, 4.69) is 17.6 Å². The Labute approximate surface area is 110 Å². The van der Waals surface area contributed by atoms with Crippen LogP contribution in [-0.2, 0) is 11.2 Å². The Morgan fingerprint density at radius 1 is 1.47 bits per heavy atom. The molecule has 0 unspecified atom stereocenters. The van der Waals surface area contributed by atoms with Crippen LogP contribution in [0.15, 0.2) is 31.1 Å². The quantitative estimate of drug-likeness (QED) is 0.838. The summed E-state index contributed by atoms with van der Waals surface area (Å²) < 4.78 is 2.04. The van der Waals surface area contributed by atoms with Crippen molar-refractivity contribution in [1.82, 2.24) is 9.55 Å². The maximum Gasteiger partial charge on any atom is 0.330 e. The molecule has 1 aliphatic rings. The predicted molar refractivity (Wildman–Crippen MR) is 74.7 cm³/mol. The van der Waals surface area contributed by atoms with Gasteiger partial charge in [0.05, 0.1) is 5.52 Å². The lowest BCUT2D eigenvalue weighted by atomic mass is 10.1. The average molecular weight is 254 g/mol. The molecular formula is C15H14N2O2. The fraction of sp³-hybridized carbons (Fsp3) is 0.200. The molecule has 19 heavy (non-hydrogen) atoms. The Morgan fingerprint density at radius 3 is 2.95 bits per heavy atom. The molecule has 1 N–H and O–H groups in total. The van der Waals surface area contributed by atoms with E-state index in [4.69, 9.17) is 5.11 Å². The van der Waals surface area contributed by atoms with Gasteiger partial charge < -0.3 is 9.67 Å². The molecule has 4 heteroatoms. The molecule has 0 amide bonds. The molecule has 0 spiro atoms. The molecule has 2 aromatic heterocycles. The van der Waals surface area contributed by atoms with Crippen molar-refractivity contribution >= 4 is 28.1 Å².